The van der Waals surface area contributed by atoms with Gasteiger partial charge in [0.15, 0.2) is 0 Å². The molecule has 0 aromatic heterocycles. The lowest BCUT2D eigenvalue weighted by molar-refractivity contribution is -0.0470. The van der Waals surface area contributed by atoms with Gasteiger partial charge < -0.3 is 14.9 Å². The highest BCUT2D eigenvalue weighted by Gasteiger charge is 2.45. The van der Waals surface area contributed by atoms with Gasteiger partial charge in [0.1, 0.15) is 17.2 Å². The molecule has 158 valence electrons. The predicted octanol–water partition coefficient (Wildman–Crippen LogP) is 3.11. The Morgan fingerprint density at radius 2 is 1.97 bits per heavy atom. The summed E-state index contributed by atoms with van der Waals surface area (Å²) >= 11 is 6.04. The Hall–Kier alpha value is -3.38. The number of hydrazone groups is 1. The predicted molar refractivity (Wildman–Crippen MR) is 117 cm³/mol. The third kappa shape index (κ3) is 4.39. The number of para-hydroxylation sites is 1. The molecule has 2 N–H and O–H groups in total. The molecule has 2 aromatic rings. The Bertz CT molecular complexity index is 1090. The van der Waals surface area contributed by atoms with Crippen molar-refractivity contribution < 1.29 is 14.9 Å². The second kappa shape index (κ2) is 8.40. The third-order valence-electron chi connectivity index (χ3n) is 5.08. The summed E-state index contributed by atoms with van der Waals surface area (Å²) in [4.78, 5) is 5.53. The molecular formula is C22H20ClN5O3. The van der Waals surface area contributed by atoms with Crippen LogP contribution in [0.1, 0.15) is 12.5 Å². The molecule has 31 heavy (non-hydrogen) atoms. The maximum atomic E-state index is 10.8. The molecule has 0 spiro atoms. The van der Waals surface area contributed by atoms with Crippen LogP contribution in [0, 0.1) is 11.5 Å². The molecule has 0 radical (unpaired) electrons. The van der Waals surface area contributed by atoms with E-state index < -0.39 is 11.8 Å². The highest BCUT2D eigenvalue weighted by Crippen LogP contribution is 2.31. The minimum atomic E-state index is -1.37. The number of halogens is 1. The first-order valence-electron chi connectivity index (χ1n) is 9.59. The molecule has 0 bridgehead atoms. The Balaban J connectivity index is 1.70. The number of ether oxygens (including phenoxy) is 1. The van der Waals surface area contributed by atoms with E-state index in [2.05, 4.69) is 10.1 Å². The van der Waals surface area contributed by atoms with Crippen LogP contribution in [0.25, 0.3) is 0 Å². The van der Waals surface area contributed by atoms with Crippen molar-refractivity contribution in [3.05, 3.63) is 77.0 Å². The Morgan fingerprint density at radius 1 is 1.26 bits per heavy atom. The summed E-state index contributed by atoms with van der Waals surface area (Å²) in [6.07, 6.45) is 3.16. The Morgan fingerprint density at radius 3 is 2.58 bits per heavy atom. The number of rotatable bonds is 3. The first-order chi connectivity index (χ1) is 14.9. The minimum absolute atomic E-state index is 0.0127. The van der Waals surface area contributed by atoms with Crippen molar-refractivity contribution in [3.63, 3.8) is 0 Å². The summed E-state index contributed by atoms with van der Waals surface area (Å²) < 4.78 is 5.81. The minimum Gasteiger partial charge on any atom is -0.511 e. The number of aliphatic hydroxyl groups is 2. The number of amidine groups is 1. The van der Waals surface area contributed by atoms with E-state index in [-0.39, 0.29) is 24.9 Å². The van der Waals surface area contributed by atoms with Gasteiger partial charge >= 0.3 is 6.02 Å². The zero-order valence-electron chi connectivity index (χ0n) is 16.7. The van der Waals surface area contributed by atoms with Crippen molar-refractivity contribution in [1.82, 2.24) is 9.91 Å². The maximum Gasteiger partial charge on any atom is 0.329 e. The van der Waals surface area contributed by atoms with E-state index in [1.165, 1.54) is 11.1 Å². The molecule has 9 heteroatoms. The summed E-state index contributed by atoms with van der Waals surface area (Å²) in [6, 6.07) is 15.7. The Labute approximate surface area is 184 Å². The van der Waals surface area contributed by atoms with E-state index in [0.717, 1.165) is 5.56 Å². The fraction of sp³-hybridized carbons (Fsp3) is 0.227. The average molecular weight is 438 g/mol. The van der Waals surface area contributed by atoms with Crippen LogP contribution in [-0.2, 0) is 0 Å². The summed E-state index contributed by atoms with van der Waals surface area (Å²) in [6.45, 7) is 2.01. The molecule has 2 aliphatic rings. The van der Waals surface area contributed by atoms with Gasteiger partial charge in [0, 0.05) is 11.1 Å². The van der Waals surface area contributed by atoms with Crippen LogP contribution in [0.3, 0.4) is 0 Å². The zero-order valence-corrected chi connectivity index (χ0v) is 17.4. The zero-order chi connectivity index (χ0) is 22.0. The van der Waals surface area contributed by atoms with Gasteiger partial charge in [-0.1, -0.05) is 41.9 Å². The van der Waals surface area contributed by atoms with E-state index in [9.17, 15) is 15.5 Å². The van der Waals surface area contributed by atoms with Gasteiger partial charge in [-0.15, -0.1) is 4.99 Å². The summed E-state index contributed by atoms with van der Waals surface area (Å²) in [5.74, 6) is 0.584. The molecule has 2 heterocycles. The van der Waals surface area contributed by atoms with Crippen LogP contribution in [-0.4, -0.2) is 56.7 Å². The van der Waals surface area contributed by atoms with Crippen molar-refractivity contribution in [2.45, 2.75) is 18.7 Å². The molecule has 2 aliphatic heterocycles. The van der Waals surface area contributed by atoms with Crippen LogP contribution < -0.4 is 4.74 Å². The van der Waals surface area contributed by atoms with Crippen molar-refractivity contribution >= 4 is 23.3 Å². The Kier molecular flexibility index (Phi) is 5.65. The highest BCUT2D eigenvalue weighted by atomic mass is 35.5. The average Bonchev–Trinajstić information content (AvgIpc) is 3.28. The van der Waals surface area contributed by atoms with E-state index >= 15 is 0 Å². The van der Waals surface area contributed by atoms with Crippen molar-refractivity contribution in [2.75, 3.05) is 13.1 Å². The van der Waals surface area contributed by atoms with Crippen molar-refractivity contribution in [2.24, 2.45) is 10.1 Å². The normalized spacial score (nSPS) is 24.0. The molecule has 4 rings (SSSR count). The van der Waals surface area contributed by atoms with Gasteiger partial charge in [-0.3, -0.25) is 4.90 Å². The summed E-state index contributed by atoms with van der Waals surface area (Å²) in [5, 5.41) is 36.8. The van der Waals surface area contributed by atoms with Crippen molar-refractivity contribution in [3.8, 4) is 11.9 Å². The molecular weight excluding hydrogens is 418 g/mol. The fourth-order valence-corrected chi connectivity index (χ4v) is 3.83. The smallest absolute Gasteiger partial charge is 0.329 e. The molecule has 0 fully saturated rings. The van der Waals surface area contributed by atoms with E-state index in [1.54, 1.807) is 42.3 Å². The molecule has 0 saturated carbocycles. The molecule has 0 aliphatic carbocycles. The second-order valence-corrected chi connectivity index (χ2v) is 7.79. The van der Waals surface area contributed by atoms with E-state index in [4.69, 9.17) is 16.3 Å². The number of aliphatic imine (C=N–C) groups is 1. The first kappa shape index (κ1) is 20.9. The van der Waals surface area contributed by atoms with Crippen LogP contribution in [0.15, 0.2) is 76.5 Å². The topological polar surface area (TPSA) is 105 Å². The molecule has 2 aromatic carbocycles. The van der Waals surface area contributed by atoms with E-state index in [1.807, 2.05) is 30.3 Å². The lowest BCUT2D eigenvalue weighted by atomic mass is 10.0. The van der Waals surface area contributed by atoms with Gasteiger partial charge in [-0.25, -0.2) is 5.01 Å². The van der Waals surface area contributed by atoms with Gasteiger partial charge in [0.25, 0.3) is 0 Å². The number of hydrogen-bond donors (Lipinski definition) is 2. The number of nitrogens with zero attached hydrogens (tertiary/aromatic N) is 5. The van der Waals surface area contributed by atoms with Gasteiger partial charge in [-0.05, 0) is 36.8 Å². The van der Waals surface area contributed by atoms with Gasteiger partial charge in [-0.2, -0.15) is 10.4 Å². The maximum absolute atomic E-state index is 10.8. The molecule has 2 atom stereocenters. The molecule has 0 amide bonds. The number of aliphatic hydroxyl groups excluding tert-OH is 1. The third-order valence-corrected chi connectivity index (χ3v) is 5.33. The highest BCUT2D eigenvalue weighted by molar-refractivity contribution is 6.30. The van der Waals surface area contributed by atoms with Crippen LogP contribution in [0.5, 0.6) is 5.75 Å². The van der Waals surface area contributed by atoms with Gasteiger partial charge in [0.2, 0.25) is 6.19 Å². The number of hydrogen-bond acceptors (Lipinski definition) is 7. The summed E-state index contributed by atoms with van der Waals surface area (Å²) in [5.41, 5.74) is 0.0440. The van der Waals surface area contributed by atoms with Crippen LogP contribution in [0.4, 0.5) is 0 Å². The fourth-order valence-electron chi connectivity index (χ4n) is 3.70. The quantitative estimate of drug-likeness (QED) is 0.434. The van der Waals surface area contributed by atoms with Gasteiger partial charge in [0.05, 0.1) is 24.8 Å². The van der Waals surface area contributed by atoms with Crippen LogP contribution in [0.2, 0.25) is 5.02 Å². The largest absolute Gasteiger partial charge is 0.511 e. The van der Waals surface area contributed by atoms with Crippen LogP contribution >= 0.6 is 11.6 Å². The molecule has 0 saturated heterocycles. The molecule has 8 nitrogen and oxygen atoms in total. The first-order valence-corrected chi connectivity index (χ1v) is 9.96. The second-order valence-electron chi connectivity index (χ2n) is 7.36. The molecule has 2 unspecified atom stereocenters. The number of benzene rings is 2. The SMILES string of the molecule is CC1(O)C=C(O)CN1C1CN(C(=NC#N)Oc2ccccc2)N=C1c1ccc(Cl)cc1. The monoisotopic (exact) mass is 437 g/mol. The lowest BCUT2D eigenvalue weighted by Crippen LogP contribution is -2.53. The standard InChI is InChI=1S/C22H20ClN5O3/c1-22(30)11-17(29)12-27(22)19-13-28(26-20(19)15-7-9-16(23)10-8-15)21(25-14-24)31-18-5-3-2-4-6-18/h2-11,19,29-30H,12-13H2,1H3. The lowest BCUT2D eigenvalue weighted by Gasteiger charge is -2.34. The number of nitriles is 1. The van der Waals surface area contributed by atoms with Crippen molar-refractivity contribution in [1.29, 1.82) is 5.26 Å². The summed E-state index contributed by atoms with van der Waals surface area (Å²) in [7, 11) is 0. The van der Waals surface area contributed by atoms with E-state index in [0.29, 0.717) is 16.5 Å².